The van der Waals surface area contributed by atoms with E-state index in [0.717, 1.165) is 0 Å². The van der Waals surface area contributed by atoms with E-state index in [4.69, 9.17) is 0 Å². The van der Waals surface area contributed by atoms with Crippen LogP contribution in [0.1, 0.15) is 18.5 Å². The fourth-order valence-corrected chi connectivity index (χ4v) is 2.83. The van der Waals surface area contributed by atoms with Crippen LogP contribution in [0.3, 0.4) is 0 Å². The molecular formula is C13H14BrN3OS. The van der Waals surface area contributed by atoms with Crippen molar-refractivity contribution in [3.8, 4) is 0 Å². The van der Waals surface area contributed by atoms with E-state index in [1.54, 1.807) is 23.6 Å². The first-order valence-electron chi connectivity index (χ1n) is 5.78. The number of rotatable bonds is 5. The molecule has 2 aromatic rings. The van der Waals surface area contributed by atoms with Gasteiger partial charge in [0.2, 0.25) is 0 Å². The van der Waals surface area contributed by atoms with Gasteiger partial charge in [0.25, 0.3) is 5.56 Å². The quantitative estimate of drug-likeness (QED) is 0.849. The minimum absolute atomic E-state index is 0.124. The summed E-state index contributed by atoms with van der Waals surface area (Å²) in [6.45, 7) is 6.05. The van der Waals surface area contributed by atoms with Gasteiger partial charge in [-0.2, -0.15) is 16.4 Å². The summed E-state index contributed by atoms with van der Waals surface area (Å²) in [5.41, 5.74) is 1.72. The van der Waals surface area contributed by atoms with Crippen LogP contribution in [0.2, 0.25) is 0 Å². The Bertz CT molecular complexity index is 621. The average Bonchev–Trinajstić information content (AvgIpc) is 2.92. The summed E-state index contributed by atoms with van der Waals surface area (Å²) < 4.78 is 1.85. The fourth-order valence-electron chi connectivity index (χ4n) is 1.66. The third-order valence-corrected chi connectivity index (χ3v) is 4.17. The first kappa shape index (κ1) is 14.0. The molecule has 0 bridgehead atoms. The zero-order valence-corrected chi connectivity index (χ0v) is 12.9. The predicted octanol–water partition coefficient (Wildman–Crippen LogP) is 3.43. The van der Waals surface area contributed by atoms with Crippen molar-refractivity contribution in [2.45, 2.75) is 19.5 Å². The number of thiophene rings is 1. The van der Waals surface area contributed by atoms with Crippen molar-refractivity contribution >= 4 is 33.0 Å². The molecule has 2 heterocycles. The SMILES string of the molecule is C=CCn1ncc(NC(C)c2ccsc2)c(Br)c1=O. The monoisotopic (exact) mass is 339 g/mol. The van der Waals surface area contributed by atoms with Gasteiger partial charge in [0.05, 0.1) is 18.4 Å². The van der Waals surface area contributed by atoms with Crippen molar-refractivity contribution in [2.24, 2.45) is 0 Å². The summed E-state index contributed by atoms with van der Waals surface area (Å²) in [5, 5.41) is 11.5. The van der Waals surface area contributed by atoms with Crippen molar-refractivity contribution in [1.82, 2.24) is 9.78 Å². The van der Waals surface area contributed by atoms with E-state index < -0.39 is 0 Å². The van der Waals surface area contributed by atoms with Crippen LogP contribution in [-0.4, -0.2) is 9.78 Å². The maximum absolute atomic E-state index is 12.0. The van der Waals surface area contributed by atoms with Crippen LogP contribution in [-0.2, 0) is 6.54 Å². The molecule has 19 heavy (non-hydrogen) atoms. The van der Waals surface area contributed by atoms with E-state index in [1.165, 1.54) is 10.2 Å². The molecule has 0 saturated carbocycles. The Morgan fingerprint density at radius 1 is 1.68 bits per heavy atom. The van der Waals surface area contributed by atoms with Gasteiger partial charge in [0, 0.05) is 6.04 Å². The lowest BCUT2D eigenvalue weighted by atomic mass is 10.2. The molecule has 0 aliphatic carbocycles. The average molecular weight is 340 g/mol. The highest BCUT2D eigenvalue weighted by Crippen LogP contribution is 2.24. The van der Waals surface area contributed by atoms with Gasteiger partial charge in [0.1, 0.15) is 4.47 Å². The Labute approximate surface area is 123 Å². The highest BCUT2D eigenvalue weighted by molar-refractivity contribution is 9.10. The van der Waals surface area contributed by atoms with Crippen molar-refractivity contribution in [3.05, 3.63) is 56.1 Å². The number of nitrogens with zero attached hydrogens (tertiary/aromatic N) is 2. The third kappa shape index (κ3) is 3.13. The van der Waals surface area contributed by atoms with Crippen LogP contribution in [0.5, 0.6) is 0 Å². The number of nitrogens with one attached hydrogen (secondary N) is 1. The van der Waals surface area contributed by atoms with Crippen molar-refractivity contribution in [3.63, 3.8) is 0 Å². The number of anilines is 1. The van der Waals surface area contributed by atoms with Gasteiger partial charge < -0.3 is 5.32 Å². The van der Waals surface area contributed by atoms with Crippen LogP contribution in [0.25, 0.3) is 0 Å². The van der Waals surface area contributed by atoms with Crippen molar-refractivity contribution in [1.29, 1.82) is 0 Å². The Balaban J connectivity index is 2.24. The molecule has 0 aliphatic rings. The van der Waals surface area contributed by atoms with Crippen molar-refractivity contribution < 1.29 is 0 Å². The number of halogens is 1. The van der Waals surface area contributed by atoms with Crippen LogP contribution in [0, 0.1) is 0 Å². The summed E-state index contributed by atoms with van der Waals surface area (Å²) in [6, 6.07) is 2.18. The molecule has 0 aliphatic heterocycles. The summed E-state index contributed by atoms with van der Waals surface area (Å²) >= 11 is 4.98. The summed E-state index contributed by atoms with van der Waals surface area (Å²) in [5.74, 6) is 0. The molecule has 0 spiro atoms. The topological polar surface area (TPSA) is 46.9 Å². The zero-order valence-electron chi connectivity index (χ0n) is 10.5. The zero-order chi connectivity index (χ0) is 13.8. The van der Waals surface area contributed by atoms with E-state index in [-0.39, 0.29) is 11.6 Å². The minimum atomic E-state index is -0.164. The Morgan fingerprint density at radius 2 is 2.47 bits per heavy atom. The molecule has 0 saturated heterocycles. The van der Waals surface area contributed by atoms with Gasteiger partial charge in [-0.25, -0.2) is 4.68 Å². The lowest BCUT2D eigenvalue weighted by Gasteiger charge is -2.15. The number of aromatic nitrogens is 2. The highest BCUT2D eigenvalue weighted by Gasteiger charge is 2.11. The van der Waals surface area contributed by atoms with Gasteiger partial charge in [-0.05, 0) is 45.2 Å². The lowest BCUT2D eigenvalue weighted by Crippen LogP contribution is -2.24. The van der Waals surface area contributed by atoms with Crippen LogP contribution in [0.4, 0.5) is 5.69 Å². The van der Waals surface area contributed by atoms with Gasteiger partial charge in [0.15, 0.2) is 0 Å². The first-order chi connectivity index (χ1) is 9.13. The number of allylic oxidation sites excluding steroid dienone is 1. The Kier molecular flexibility index (Phi) is 4.55. The maximum Gasteiger partial charge on any atom is 0.283 e. The first-order valence-corrected chi connectivity index (χ1v) is 7.52. The van der Waals surface area contributed by atoms with Crippen LogP contribution in [0.15, 0.2) is 44.9 Å². The lowest BCUT2D eigenvalue weighted by molar-refractivity contribution is 0.648. The Hall–Kier alpha value is -1.40. The molecule has 0 amide bonds. The molecule has 6 heteroatoms. The van der Waals surface area contributed by atoms with E-state index in [1.807, 2.05) is 12.3 Å². The Morgan fingerprint density at radius 3 is 3.11 bits per heavy atom. The van der Waals surface area contributed by atoms with E-state index in [0.29, 0.717) is 16.7 Å². The van der Waals surface area contributed by atoms with Crippen LogP contribution < -0.4 is 10.9 Å². The van der Waals surface area contributed by atoms with Gasteiger partial charge in [-0.1, -0.05) is 6.08 Å². The summed E-state index contributed by atoms with van der Waals surface area (Å²) in [7, 11) is 0. The smallest absolute Gasteiger partial charge is 0.283 e. The predicted molar refractivity (Wildman–Crippen MR) is 82.8 cm³/mol. The largest absolute Gasteiger partial charge is 0.376 e. The molecule has 0 aromatic carbocycles. The van der Waals surface area contributed by atoms with Crippen LogP contribution >= 0.6 is 27.3 Å². The maximum atomic E-state index is 12.0. The van der Waals surface area contributed by atoms with E-state index in [2.05, 4.69) is 44.4 Å². The molecule has 0 radical (unpaired) electrons. The second kappa shape index (κ2) is 6.16. The van der Waals surface area contributed by atoms with Crippen molar-refractivity contribution in [2.75, 3.05) is 5.32 Å². The van der Waals surface area contributed by atoms with Gasteiger partial charge in [-0.3, -0.25) is 4.79 Å². The molecule has 0 fully saturated rings. The normalized spacial score (nSPS) is 12.1. The summed E-state index contributed by atoms with van der Waals surface area (Å²) in [4.78, 5) is 12.0. The van der Waals surface area contributed by atoms with Gasteiger partial charge in [-0.15, -0.1) is 6.58 Å². The van der Waals surface area contributed by atoms with E-state index >= 15 is 0 Å². The second-order valence-electron chi connectivity index (χ2n) is 4.07. The molecule has 2 aromatic heterocycles. The van der Waals surface area contributed by atoms with Gasteiger partial charge >= 0.3 is 0 Å². The molecule has 1 N–H and O–H groups in total. The molecule has 1 unspecified atom stereocenters. The summed E-state index contributed by atoms with van der Waals surface area (Å²) in [6.07, 6.45) is 3.29. The number of hydrogen-bond acceptors (Lipinski definition) is 4. The fraction of sp³-hybridized carbons (Fsp3) is 0.231. The molecule has 100 valence electrons. The third-order valence-electron chi connectivity index (χ3n) is 2.70. The van der Waals surface area contributed by atoms with E-state index in [9.17, 15) is 4.79 Å². The standard InChI is InChI=1S/C13H14BrN3OS/c1-3-5-17-13(18)12(14)11(7-15-17)16-9(2)10-4-6-19-8-10/h3-4,6-9,16H,1,5H2,2H3. The molecule has 1 atom stereocenters. The highest BCUT2D eigenvalue weighted by atomic mass is 79.9. The number of hydrogen-bond donors (Lipinski definition) is 1. The molecular weight excluding hydrogens is 326 g/mol. The molecule has 2 rings (SSSR count). The molecule has 4 nitrogen and oxygen atoms in total. The second-order valence-corrected chi connectivity index (χ2v) is 5.64. The minimum Gasteiger partial charge on any atom is -0.376 e.